The third-order valence-electron chi connectivity index (χ3n) is 4.32. The highest BCUT2D eigenvalue weighted by molar-refractivity contribution is 7.89. The van der Waals surface area contributed by atoms with Gasteiger partial charge in [-0.3, -0.25) is 0 Å². The molecule has 0 heterocycles. The Morgan fingerprint density at radius 3 is 2.33 bits per heavy atom. The highest BCUT2D eigenvalue weighted by Crippen LogP contribution is 2.24. The van der Waals surface area contributed by atoms with Crippen molar-refractivity contribution in [3.05, 3.63) is 59.2 Å². The van der Waals surface area contributed by atoms with E-state index in [4.69, 9.17) is 5.73 Å². The number of halogens is 1. The van der Waals surface area contributed by atoms with Crippen molar-refractivity contribution in [3.8, 4) is 0 Å². The molecule has 0 atom stereocenters. The number of hydrogen-bond acceptors (Lipinski definition) is 3. The minimum absolute atomic E-state index is 0. The minimum Gasteiger partial charge on any atom is -0.399 e. The van der Waals surface area contributed by atoms with Crippen LogP contribution in [0.4, 0.5) is 5.69 Å². The van der Waals surface area contributed by atoms with E-state index in [9.17, 15) is 8.42 Å². The van der Waals surface area contributed by atoms with E-state index in [2.05, 4.69) is 4.72 Å². The van der Waals surface area contributed by atoms with E-state index in [1.165, 1.54) is 17.5 Å². The summed E-state index contributed by atoms with van der Waals surface area (Å²) in [6, 6.07) is 13.0. The fraction of sp³-hybridized carbons (Fsp3) is 0.333. The number of fused-ring (bicyclic) bond motifs is 1. The topological polar surface area (TPSA) is 72.2 Å². The van der Waals surface area contributed by atoms with Gasteiger partial charge in [-0.25, -0.2) is 13.1 Å². The van der Waals surface area contributed by atoms with Crippen LogP contribution in [-0.4, -0.2) is 15.0 Å². The van der Waals surface area contributed by atoms with Crippen molar-refractivity contribution in [1.29, 1.82) is 0 Å². The van der Waals surface area contributed by atoms with Gasteiger partial charge in [0.2, 0.25) is 10.0 Å². The smallest absolute Gasteiger partial charge is 0.240 e. The van der Waals surface area contributed by atoms with Crippen LogP contribution >= 0.6 is 12.4 Å². The lowest BCUT2D eigenvalue weighted by Gasteiger charge is -2.16. The Kier molecular flexibility index (Phi) is 6.27. The van der Waals surface area contributed by atoms with Gasteiger partial charge in [0.15, 0.2) is 0 Å². The summed E-state index contributed by atoms with van der Waals surface area (Å²) in [7, 11) is -3.45. The van der Waals surface area contributed by atoms with Crippen LogP contribution in [0.1, 0.15) is 29.5 Å². The van der Waals surface area contributed by atoms with Crippen molar-refractivity contribution in [2.24, 2.45) is 0 Å². The maximum Gasteiger partial charge on any atom is 0.240 e. The zero-order valence-electron chi connectivity index (χ0n) is 13.5. The minimum atomic E-state index is -3.45. The second-order valence-corrected chi connectivity index (χ2v) is 7.79. The number of sulfonamides is 1. The van der Waals surface area contributed by atoms with E-state index in [1.807, 2.05) is 36.4 Å². The molecule has 3 N–H and O–H groups in total. The third kappa shape index (κ3) is 4.50. The Bertz CT molecular complexity index is 789. The predicted molar refractivity (Wildman–Crippen MR) is 100 cm³/mol. The van der Waals surface area contributed by atoms with Crippen molar-refractivity contribution in [3.63, 3.8) is 0 Å². The number of aryl methyl sites for hydroxylation is 2. The van der Waals surface area contributed by atoms with Crippen molar-refractivity contribution < 1.29 is 8.42 Å². The number of benzene rings is 2. The van der Waals surface area contributed by atoms with Gasteiger partial charge >= 0.3 is 0 Å². The third-order valence-corrected chi connectivity index (χ3v) is 5.77. The molecular weight excluding hydrogens is 344 g/mol. The van der Waals surface area contributed by atoms with Gasteiger partial charge in [-0.2, -0.15) is 0 Å². The molecule has 1 aliphatic carbocycles. The number of nitrogens with two attached hydrogens (primary N) is 1. The molecule has 130 valence electrons. The summed E-state index contributed by atoms with van der Waals surface area (Å²) in [5, 5.41) is 0. The lowest BCUT2D eigenvalue weighted by Crippen LogP contribution is -2.26. The van der Waals surface area contributed by atoms with E-state index in [1.54, 1.807) is 6.07 Å². The summed E-state index contributed by atoms with van der Waals surface area (Å²) in [6.45, 7) is 0.378. The molecule has 2 aromatic rings. The quantitative estimate of drug-likeness (QED) is 0.798. The molecule has 24 heavy (non-hydrogen) atoms. The summed E-state index contributed by atoms with van der Waals surface area (Å²) in [4.78, 5) is 0.371. The van der Waals surface area contributed by atoms with E-state index in [0.717, 1.165) is 24.8 Å². The molecule has 0 saturated carbocycles. The molecule has 3 rings (SSSR count). The first-order valence-electron chi connectivity index (χ1n) is 8.00. The fourth-order valence-electron chi connectivity index (χ4n) is 2.97. The van der Waals surface area contributed by atoms with Crippen LogP contribution in [0.25, 0.3) is 0 Å². The van der Waals surface area contributed by atoms with Crippen LogP contribution in [0.5, 0.6) is 0 Å². The number of hydrogen-bond donors (Lipinski definition) is 2. The van der Waals surface area contributed by atoms with E-state index >= 15 is 0 Å². The molecule has 0 unspecified atom stereocenters. The molecule has 2 aromatic carbocycles. The van der Waals surface area contributed by atoms with Gasteiger partial charge in [-0.15, -0.1) is 12.4 Å². The van der Waals surface area contributed by atoms with Gasteiger partial charge in [-0.1, -0.05) is 18.2 Å². The molecule has 0 saturated heterocycles. The molecule has 6 heteroatoms. The van der Waals surface area contributed by atoms with Crippen molar-refractivity contribution in [1.82, 2.24) is 4.72 Å². The highest BCUT2D eigenvalue weighted by Gasteiger charge is 2.17. The maximum absolute atomic E-state index is 12.4. The summed E-state index contributed by atoms with van der Waals surface area (Å²) in [5.41, 5.74) is 9.89. The number of rotatable bonds is 5. The van der Waals surface area contributed by atoms with Gasteiger partial charge in [0, 0.05) is 12.2 Å². The monoisotopic (exact) mass is 366 g/mol. The first-order valence-corrected chi connectivity index (χ1v) is 9.49. The SMILES string of the molecule is Cl.Nc1ccc(CCNS(=O)(=O)c2ccc3c(c2)CCCC3)cc1. The predicted octanol–water partition coefficient (Wildman–Crippen LogP) is 3.09. The highest BCUT2D eigenvalue weighted by atomic mass is 35.5. The lowest BCUT2D eigenvalue weighted by atomic mass is 9.92. The maximum atomic E-state index is 12.4. The largest absolute Gasteiger partial charge is 0.399 e. The molecule has 0 radical (unpaired) electrons. The average Bonchev–Trinajstić information content (AvgIpc) is 2.56. The number of nitrogen functional groups attached to an aromatic ring is 1. The van der Waals surface area contributed by atoms with Gasteiger partial charge in [0.1, 0.15) is 0 Å². The van der Waals surface area contributed by atoms with Crippen LogP contribution in [-0.2, 0) is 29.3 Å². The van der Waals surface area contributed by atoms with Gasteiger partial charge in [-0.05, 0) is 73.1 Å². The van der Waals surface area contributed by atoms with E-state index in [-0.39, 0.29) is 12.4 Å². The standard InChI is InChI=1S/C18H22N2O2S.ClH/c19-17-8-5-14(6-9-17)11-12-20-23(21,22)18-10-7-15-3-1-2-4-16(15)13-18;/h5-10,13,20H,1-4,11-12,19H2;1H. The average molecular weight is 367 g/mol. The first kappa shape index (κ1) is 18.8. The van der Waals surface area contributed by atoms with Crippen LogP contribution in [0, 0.1) is 0 Å². The first-order chi connectivity index (χ1) is 11.0. The molecule has 0 spiro atoms. The van der Waals surface area contributed by atoms with Crippen molar-refractivity contribution >= 4 is 28.1 Å². The zero-order chi connectivity index (χ0) is 16.3. The summed E-state index contributed by atoms with van der Waals surface area (Å²) < 4.78 is 27.5. The molecule has 0 bridgehead atoms. The summed E-state index contributed by atoms with van der Waals surface area (Å²) >= 11 is 0. The molecule has 0 amide bonds. The molecule has 0 fully saturated rings. The Labute approximate surface area is 149 Å². The molecule has 0 aliphatic heterocycles. The van der Waals surface area contributed by atoms with Gasteiger partial charge < -0.3 is 5.73 Å². The molecular formula is C18H23ClN2O2S. The second kappa shape index (κ2) is 8.01. The second-order valence-electron chi connectivity index (χ2n) is 6.03. The Hall–Kier alpha value is -1.56. The van der Waals surface area contributed by atoms with E-state index in [0.29, 0.717) is 23.5 Å². The van der Waals surface area contributed by atoms with Crippen LogP contribution in [0.2, 0.25) is 0 Å². The molecule has 4 nitrogen and oxygen atoms in total. The van der Waals surface area contributed by atoms with Crippen LogP contribution < -0.4 is 10.5 Å². The fourth-order valence-corrected chi connectivity index (χ4v) is 4.06. The normalized spacial score (nSPS) is 13.8. The lowest BCUT2D eigenvalue weighted by molar-refractivity contribution is 0.581. The van der Waals surface area contributed by atoms with Crippen LogP contribution in [0.3, 0.4) is 0 Å². The van der Waals surface area contributed by atoms with E-state index < -0.39 is 10.0 Å². The zero-order valence-corrected chi connectivity index (χ0v) is 15.1. The summed E-state index contributed by atoms with van der Waals surface area (Å²) in [5.74, 6) is 0. The molecule has 0 aromatic heterocycles. The van der Waals surface area contributed by atoms with Gasteiger partial charge in [0.05, 0.1) is 4.90 Å². The Balaban J connectivity index is 0.00000208. The Morgan fingerprint density at radius 2 is 1.62 bits per heavy atom. The van der Waals surface area contributed by atoms with Crippen molar-refractivity contribution in [2.45, 2.75) is 37.0 Å². The number of nitrogens with one attached hydrogen (secondary N) is 1. The van der Waals surface area contributed by atoms with Gasteiger partial charge in [0.25, 0.3) is 0 Å². The molecule has 1 aliphatic rings. The number of anilines is 1. The van der Waals surface area contributed by atoms with Crippen LogP contribution in [0.15, 0.2) is 47.4 Å². The van der Waals surface area contributed by atoms with Crippen molar-refractivity contribution in [2.75, 3.05) is 12.3 Å². The Morgan fingerprint density at radius 1 is 0.958 bits per heavy atom. The summed E-state index contributed by atoms with van der Waals surface area (Å²) in [6.07, 6.45) is 5.01.